The second-order valence-corrected chi connectivity index (χ2v) is 3.47. The highest BCUT2D eigenvalue weighted by molar-refractivity contribution is 5.77. The average Bonchev–Trinajstić information content (AvgIpc) is 2.23. The highest BCUT2D eigenvalue weighted by Crippen LogP contribution is 2.26. The van der Waals surface area contributed by atoms with E-state index >= 15 is 0 Å². The lowest BCUT2D eigenvalue weighted by Gasteiger charge is -2.24. The van der Waals surface area contributed by atoms with Crippen LogP contribution in [0.15, 0.2) is 18.2 Å². The fourth-order valence-electron chi connectivity index (χ4n) is 1.45. The summed E-state index contributed by atoms with van der Waals surface area (Å²) >= 11 is 0. The minimum absolute atomic E-state index is 0.147. The molecule has 5 heteroatoms. The summed E-state index contributed by atoms with van der Waals surface area (Å²) in [6.07, 6.45) is -0.498. The zero-order valence-corrected chi connectivity index (χ0v) is 8.28. The van der Waals surface area contributed by atoms with Crippen LogP contribution in [0.2, 0.25) is 0 Å². The summed E-state index contributed by atoms with van der Waals surface area (Å²) in [6, 6.07) is 5.22. The monoisotopic (exact) mass is 208 g/mol. The van der Waals surface area contributed by atoms with Gasteiger partial charge in [-0.2, -0.15) is 0 Å². The van der Waals surface area contributed by atoms with Gasteiger partial charge < -0.3 is 5.11 Å². The molecule has 5 nitrogen and oxygen atoms in total. The summed E-state index contributed by atoms with van der Waals surface area (Å²) in [6.45, 7) is 2.10. The Labute approximate surface area is 87.0 Å². The van der Waals surface area contributed by atoms with Crippen LogP contribution in [0.5, 0.6) is 5.75 Å². The molecule has 0 bridgehead atoms. The average molecular weight is 208 g/mol. The van der Waals surface area contributed by atoms with Crippen molar-refractivity contribution in [2.75, 3.05) is 6.54 Å². The zero-order chi connectivity index (χ0) is 10.8. The molecule has 0 aliphatic carbocycles. The van der Waals surface area contributed by atoms with Crippen molar-refractivity contribution in [3.63, 3.8) is 0 Å². The summed E-state index contributed by atoms with van der Waals surface area (Å²) in [5, 5.41) is 12.5. The predicted molar refractivity (Wildman–Crippen MR) is 52.8 cm³/mol. The van der Waals surface area contributed by atoms with Gasteiger partial charge in [-0.25, -0.2) is 10.3 Å². The van der Waals surface area contributed by atoms with Crippen LogP contribution in [-0.4, -0.2) is 17.6 Å². The van der Waals surface area contributed by atoms with Gasteiger partial charge >= 0.3 is 0 Å². The number of aromatic hydroxyl groups is 1. The van der Waals surface area contributed by atoms with E-state index in [2.05, 4.69) is 10.8 Å². The lowest BCUT2D eigenvalue weighted by molar-refractivity contribution is -0.149. The Morgan fingerprint density at radius 1 is 1.53 bits per heavy atom. The number of rotatable bonds is 1. The Balaban J connectivity index is 2.21. The van der Waals surface area contributed by atoms with Gasteiger partial charge in [0.05, 0.1) is 6.54 Å². The van der Waals surface area contributed by atoms with Crippen LogP contribution in [0, 0.1) is 6.92 Å². The molecule has 1 fully saturated rings. The Kier molecular flexibility index (Phi) is 2.57. The third-order valence-corrected chi connectivity index (χ3v) is 2.20. The van der Waals surface area contributed by atoms with Crippen molar-refractivity contribution < 1.29 is 14.7 Å². The molecule has 0 aromatic heterocycles. The van der Waals surface area contributed by atoms with Gasteiger partial charge in [0.15, 0.2) is 6.23 Å². The van der Waals surface area contributed by atoms with E-state index in [1.54, 1.807) is 12.1 Å². The molecule has 1 aliphatic rings. The number of phenolic OH excluding ortho intramolecular Hbond substituents is 1. The van der Waals surface area contributed by atoms with Crippen molar-refractivity contribution in [3.8, 4) is 5.75 Å². The minimum Gasteiger partial charge on any atom is -0.508 e. The number of carbonyl (C=O) groups is 1. The predicted octanol–water partition coefficient (Wildman–Crippen LogP) is 0.350. The molecule has 1 heterocycles. The highest BCUT2D eigenvalue weighted by Gasteiger charge is 2.22. The maximum Gasteiger partial charge on any atom is 0.257 e. The van der Waals surface area contributed by atoms with Crippen LogP contribution in [0.4, 0.5) is 0 Å². The molecule has 3 N–H and O–H groups in total. The van der Waals surface area contributed by atoms with Crippen molar-refractivity contribution in [2.24, 2.45) is 0 Å². The molecule has 0 spiro atoms. The molecule has 1 unspecified atom stereocenters. The number of hydrogen-bond donors (Lipinski definition) is 3. The van der Waals surface area contributed by atoms with E-state index in [4.69, 9.17) is 4.84 Å². The third-order valence-electron chi connectivity index (χ3n) is 2.20. The van der Waals surface area contributed by atoms with E-state index in [9.17, 15) is 9.90 Å². The molecular weight excluding hydrogens is 196 g/mol. The standard InChI is InChI=1S/C10H12N2O3/c1-6-2-3-8(13)7(4-6)10-11-5-9(14)12-15-10/h2-4,10-11,13H,5H2,1H3,(H,12,14). The molecule has 2 rings (SSSR count). The Hall–Kier alpha value is -1.59. The smallest absolute Gasteiger partial charge is 0.257 e. The second-order valence-electron chi connectivity index (χ2n) is 3.47. The fourth-order valence-corrected chi connectivity index (χ4v) is 1.45. The number of aryl methyl sites for hydroxylation is 1. The van der Waals surface area contributed by atoms with E-state index in [0.717, 1.165) is 5.56 Å². The summed E-state index contributed by atoms with van der Waals surface area (Å²) in [5.41, 5.74) is 3.90. The largest absolute Gasteiger partial charge is 0.508 e. The number of phenols is 1. The number of hydroxylamine groups is 1. The third kappa shape index (κ3) is 2.08. The number of benzene rings is 1. The van der Waals surface area contributed by atoms with Gasteiger partial charge in [-0.15, -0.1) is 0 Å². The van der Waals surface area contributed by atoms with Crippen LogP contribution in [-0.2, 0) is 9.63 Å². The van der Waals surface area contributed by atoms with Crippen LogP contribution in [0.1, 0.15) is 17.4 Å². The van der Waals surface area contributed by atoms with Crippen LogP contribution >= 0.6 is 0 Å². The molecular formula is C10H12N2O3. The molecule has 80 valence electrons. The molecule has 1 aromatic rings. The van der Waals surface area contributed by atoms with E-state index in [1.807, 2.05) is 13.0 Å². The van der Waals surface area contributed by atoms with Gasteiger partial charge in [0, 0.05) is 5.56 Å². The van der Waals surface area contributed by atoms with Crippen molar-refractivity contribution in [2.45, 2.75) is 13.2 Å². The first-order valence-electron chi connectivity index (χ1n) is 4.64. The van der Waals surface area contributed by atoms with Gasteiger partial charge in [-0.05, 0) is 19.1 Å². The van der Waals surface area contributed by atoms with E-state index in [0.29, 0.717) is 5.56 Å². The maximum atomic E-state index is 10.8. The Morgan fingerprint density at radius 2 is 2.33 bits per heavy atom. The summed E-state index contributed by atoms with van der Waals surface area (Å²) in [7, 11) is 0. The van der Waals surface area contributed by atoms with Crippen LogP contribution in [0.3, 0.4) is 0 Å². The molecule has 15 heavy (non-hydrogen) atoms. The summed E-state index contributed by atoms with van der Waals surface area (Å²) in [4.78, 5) is 15.9. The quantitative estimate of drug-likeness (QED) is 0.622. The normalized spacial score (nSPS) is 21.1. The number of nitrogens with one attached hydrogen (secondary N) is 2. The number of amides is 1. The first kappa shape index (κ1) is 9.95. The highest BCUT2D eigenvalue weighted by atomic mass is 16.7. The lowest BCUT2D eigenvalue weighted by atomic mass is 10.1. The van der Waals surface area contributed by atoms with Gasteiger partial charge in [-0.3, -0.25) is 10.1 Å². The second kappa shape index (κ2) is 3.88. The first-order chi connectivity index (χ1) is 7.16. The van der Waals surface area contributed by atoms with Crippen molar-refractivity contribution in [3.05, 3.63) is 29.3 Å². The van der Waals surface area contributed by atoms with Gasteiger partial charge in [0.1, 0.15) is 5.75 Å². The summed E-state index contributed by atoms with van der Waals surface area (Å²) < 4.78 is 0. The van der Waals surface area contributed by atoms with Crippen LogP contribution in [0.25, 0.3) is 0 Å². The number of hydrogen-bond acceptors (Lipinski definition) is 4. The van der Waals surface area contributed by atoms with E-state index in [-0.39, 0.29) is 18.2 Å². The summed E-state index contributed by atoms with van der Waals surface area (Å²) in [5.74, 6) is -0.0763. The number of carbonyl (C=O) groups excluding carboxylic acids is 1. The minimum atomic E-state index is -0.498. The Morgan fingerprint density at radius 3 is 3.00 bits per heavy atom. The molecule has 1 atom stereocenters. The molecule has 1 aromatic carbocycles. The molecule has 0 radical (unpaired) electrons. The fraction of sp³-hybridized carbons (Fsp3) is 0.300. The van der Waals surface area contributed by atoms with Gasteiger partial charge in [0.25, 0.3) is 5.91 Å². The first-order valence-corrected chi connectivity index (χ1v) is 4.64. The Bertz CT molecular complexity index is 382. The zero-order valence-electron chi connectivity index (χ0n) is 8.28. The molecule has 0 saturated carbocycles. The van der Waals surface area contributed by atoms with Crippen molar-refractivity contribution in [1.29, 1.82) is 0 Å². The van der Waals surface area contributed by atoms with Gasteiger partial charge in [0.2, 0.25) is 0 Å². The lowest BCUT2D eigenvalue weighted by Crippen LogP contribution is -2.45. The van der Waals surface area contributed by atoms with Crippen molar-refractivity contribution >= 4 is 5.91 Å². The van der Waals surface area contributed by atoms with Crippen molar-refractivity contribution in [1.82, 2.24) is 10.8 Å². The van der Waals surface area contributed by atoms with Gasteiger partial charge in [-0.1, -0.05) is 11.6 Å². The molecule has 1 saturated heterocycles. The maximum absolute atomic E-state index is 10.8. The van der Waals surface area contributed by atoms with Crippen LogP contribution < -0.4 is 10.8 Å². The van der Waals surface area contributed by atoms with E-state index < -0.39 is 6.23 Å². The molecule has 1 aliphatic heterocycles. The van der Waals surface area contributed by atoms with E-state index in [1.165, 1.54) is 0 Å². The molecule has 1 amide bonds. The topological polar surface area (TPSA) is 70.6 Å². The SMILES string of the molecule is Cc1ccc(O)c(C2NCC(=O)NO2)c1.